The lowest BCUT2D eigenvalue weighted by Crippen LogP contribution is -2.01. The zero-order valence-corrected chi connectivity index (χ0v) is 13.7. The molecule has 1 heterocycles. The van der Waals surface area contributed by atoms with E-state index in [2.05, 4.69) is 4.98 Å². The van der Waals surface area contributed by atoms with E-state index in [4.69, 9.17) is 28.9 Å². The summed E-state index contributed by atoms with van der Waals surface area (Å²) in [6.07, 6.45) is 0. The van der Waals surface area contributed by atoms with E-state index < -0.39 is 5.82 Å². The van der Waals surface area contributed by atoms with Gasteiger partial charge in [0, 0.05) is 26.7 Å². The normalized spacial score (nSPS) is 10.4. The smallest absolute Gasteiger partial charge is 0.142 e. The van der Waals surface area contributed by atoms with E-state index in [0.717, 1.165) is 0 Å². The lowest BCUT2D eigenvalue weighted by Gasteiger charge is -2.13. The minimum Gasteiger partial charge on any atom is -0.383 e. The number of rotatable bonds is 2. The van der Waals surface area contributed by atoms with Gasteiger partial charge in [-0.1, -0.05) is 41.4 Å². The predicted octanol–water partition coefficient (Wildman–Crippen LogP) is 5.32. The second-order valence-electron chi connectivity index (χ2n) is 5.00. The van der Waals surface area contributed by atoms with Crippen LogP contribution in [0, 0.1) is 17.1 Å². The van der Waals surface area contributed by atoms with Crippen molar-refractivity contribution >= 4 is 29.0 Å². The van der Waals surface area contributed by atoms with E-state index in [1.807, 2.05) is 6.07 Å². The van der Waals surface area contributed by atoms with Crippen LogP contribution in [0.5, 0.6) is 0 Å². The fourth-order valence-electron chi connectivity index (χ4n) is 2.44. The maximum absolute atomic E-state index is 14.1. The van der Waals surface area contributed by atoms with Gasteiger partial charge in [-0.25, -0.2) is 9.37 Å². The third-order valence-electron chi connectivity index (χ3n) is 3.54. The molecular weight excluding hydrogens is 348 g/mol. The highest BCUT2D eigenvalue weighted by molar-refractivity contribution is 6.39. The molecule has 2 aromatic carbocycles. The molecule has 0 bridgehead atoms. The van der Waals surface area contributed by atoms with Crippen LogP contribution in [0.3, 0.4) is 0 Å². The van der Waals surface area contributed by atoms with Gasteiger partial charge < -0.3 is 5.73 Å². The first-order chi connectivity index (χ1) is 11.5. The number of halogens is 3. The summed E-state index contributed by atoms with van der Waals surface area (Å²) in [5.74, 6) is -0.449. The molecule has 0 unspecified atom stereocenters. The van der Waals surface area contributed by atoms with Gasteiger partial charge in [-0.3, -0.25) is 0 Å². The largest absolute Gasteiger partial charge is 0.383 e. The van der Waals surface area contributed by atoms with Crippen LogP contribution in [0.4, 0.5) is 10.2 Å². The van der Waals surface area contributed by atoms with E-state index in [1.165, 1.54) is 6.07 Å². The van der Waals surface area contributed by atoms with E-state index in [-0.39, 0.29) is 16.9 Å². The highest BCUT2D eigenvalue weighted by atomic mass is 35.5. The van der Waals surface area contributed by atoms with Gasteiger partial charge in [0.1, 0.15) is 23.3 Å². The summed E-state index contributed by atoms with van der Waals surface area (Å²) in [6, 6.07) is 14.8. The van der Waals surface area contributed by atoms with Crippen LogP contribution in [0.1, 0.15) is 5.56 Å². The van der Waals surface area contributed by atoms with Gasteiger partial charge in [-0.15, -0.1) is 0 Å². The van der Waals surface area contributed by atoms with Crippen LogP contribution in [-0.4, -0.2) is 4.98 Å². The molecule has 0 aliphatic rings. The van der Waals surface area contributed by atoms with Crippen LogP contribution >= 0.6 is 23.2 Å². The van der Waals surface area contributed by atoms with Crippen molar-refractivity contribution in [2.24, 2.45) is 0 Å². The lowest BCUT2D eigenvalue weighted by atomic mass is 9.98. The van der Waals surface area contributed by atoms with Crippen molar-refractivity contribution in [3.63, 3.8) is 0 Å². The molecule has 0 spiro atoms. The van der Waals surface area contributed by atoms with Crippen molar-refractivity contribution in [2.75, 3.05) is 5.73 Å². The molecule has 0 radical (unpaired) electrons. The Morgan fingerprint density at radius 1 is 1.00 bits per heavy atom. The summed E-state index contributed by atoms with van der Waals surface area (Å²) in [6.45, 7) is 0. The lowest BCUT2D eigenvalue weighted by molar-refractivity contribution is 0.631. The van der Waals surface area contributed by atoms with Crippen LogP contribution in [0.15, 0.2) is 48.5 Å². The molecule has 0 atom stereocenters. The van der Waals surface area contributed by atoms with E-state index in [1.54, 1.807) is 42.5 Å². The van der Waals surface area contributed by atoms with Crippen molar-refractivity contribution in [2.45, 2.75) is 0 Å². The standard InChI is InChI=1S/C18H10Cl2FN3/c19-13-5-3-6-14(20)17(13)11-8-16(24-18(23)12(11)9-22)10-4-1-2-7-15(10)21/h1-8H,(H2,23,24). The molecule has 118 valence electrons. The van der Waals surface area contributed by atoms with Crippen molar-refractivity contribution in [1.82, 2.24) is 4.98 Å². The molecule has 0 fully saturated rings. The molecule has 0 saturated heterocycles. The molecule has 6 heteroatoms. The Hall–Kier alpha value is -2.61. The summed E-state index contributed by atoms with van der Waals surface area (Å²) in [4.78, 5) is 4.15. The predicted molar refractivity (Wildman–Crippen MR) is 94.2 cm³/mol. The number of hydrogen-bond donors (Lipinski definition) is 1. The number of benzene rings is 2. The maximum Gasteiger partial charge on any atom is 0.142 e. The Kier molecular flexibility index (Phi) is 4.39. The molecule has 0 amide bonds. The first-order valence-electron chi connectivity index (χ1n) is 6.93. The Labute approximate surface area is 148 Å². The Balaban J connectivity index is 2.34. The topological polar surface area (TPSA) is 62.7 Å². The fraction of sp³-hybridized carbons (Fsp3) is 0. The molecule has 1 aromatic heterocycles. The summed E-state index contributed by atoms with van der Waals surface area (Å²) >= 11 is 12.5. The number of pyridine rings is 1. The Bertz CT molecular complexity index is 960. The highest BCUT2D eigenvalue weighted by Crippen LogP contribution is 2.39. The average Bonchev–Trinajstić information content (AvgIpc) is 2.55. The number of nitrogens with two attached hydrogens (primary N) is 1. The fourth-order valence-corrected chi connectivity index (χ4v) is 3.04. The average molecular weight is 358 g/mol. The third-order valence-corrected chi connectivity index (χ3v) is 4.17. The van der Waals surface area contributed by atoms with Crippen molar-refractivity contribution < 1.29 is 4.39 Å². The van der Waals surface area contributed by atoms with Crippen molar-refractivity contribution in [3.05, 3.63) is 70.0 Å². The van der Waals surface area contributed by atoms with Crippen molar-refractivity contribution in [1.29, 1.82) is 5.26 Å². The molecule has 3 nitrogen and oxygen atoms in total. The molecule has 2 N–H and O–H groups in total. The van der Waals surface area contributed by atoms with Crippen molar-refractivity contribution in [3.8, 4) is 28.5 Å². The van der Waals surface area contributed by atoms with Gasteiger partial charge in [-0.05, 0) is 30.3 Å². The quantitative estimate of drug-likeness (QED) is 0.675. The first kappa shape index (κ1) is 16.3. The van der Waals surface area contributed by atoms with Gasteiger partial charge in [0.05, 0.1) is 5.69 Å². The number of hydrogen-bond acceptors (Lipinski definition) is 3. The number of nitrogen functional groups attached to an aromatic ring is 1. The number of nitriles is 1. The van der Waals surface area contributed by atoms with Gasteiger partial charge in [-0.2, -0.15) is 5.26 Å². The SMILES string of the molecule is N#Cc1c(-c2c(Cl)cccc2Cl)cc(-c2ccccc2F)nc1N. The zero-order chi connectivity index (χ0) is 17.3. The second-order valence-corrected chi connectivity index (χ2v) is 5.82. The summed E-state index contributed by atoms with van der Waals surface area (Å²) < 4.78 is 14.1. The summed E-state index contributed by atoms with van der Waals surface area (Å²) in [5, 5.41) is 10.2. The van der Waals surface area contributed by atoms with Crippen LogP contribution in [0.25, 0.3) is 22.4 Å². The van der Waals surface area contributed by atoms with Crippen LogP contribution in [-0.2, 0) is 0 Å². The monoisotopic (exact) mass is 357 g/mol. The van der Waals surface area contributed by atoms with Crippen LogP contribution < -0.4 is 5.73 Å². The molecule has 0 aliphatic heterocycles. The molecule has 3 rings (SSSR count). The van der Waals surface area contributed by atoms with Gasteiger partial charge in [0.25, 0.3) is 0 Å². The summed E-state index contributed by atoms with van der Waals surface area (Å²) in [7, 11) is 0. The number of aromatic nitrogens is 1. The van der Waals surface area contributed by atoms with Gasteiger partial charge in [0.2, 0.25) is 0 Å². The zero-order valence-electron chi connectivity index (χ0n) is 12.2. The Morgan fingerprint density at radius 2 is 1.67 bits per heavy atom. The van der Waals surface area contributed by atoms with E-state index >= 15 is 0 Å². The molecule has 24 heavy (non-hydrogen) atoms. The van der Waals surface area contributed by atoms with E-state index in [0.29, 0.717) is 26.9 Å². The minimum atomic E-state index is -0.440. The molecular formula is C18H10Cl2FN3. The summed E-state index contributed by atoms with van der Waals surface area (Å²) in [5.41, 5.74) is 7.51. The molecule has 0 aliphatic carbocycles. The van der Waals surface area contributed by atoms with E-state index in [9.17, 15) is 9.65 Å². The first-order valence-corrected chi connectivity index (χ1v) is 7.68. The van der Waals surface area contributed by atoms with Crippen LogP contribution in [0.2, 0.25) is 10.0 Å². The maximum atomic E-state index is 14.1. The highest BCUT2D eigenvalue weighted by Gasteiger charge is 2.18. The van der Waals surface area contributed by atoms with Gasteiger partial charge >= 0.3 is 0 Å². The second kappa shape index (κ2) is 6.48. The number of anilines is 1. The number of nitrogens with zero attached hydrogens (tertiary/aromatic N) is 2. The Morgan fingerprint density at radius 3 is 2.29 bits per heavy atom. The minimum absolute atomic E-state index is 0.00996. The van der Waals surface area contributed by atoms with Gasteiger partial charge in [0.15, 0.2) is 0 Å². The molecule has 3 aromatic rings. The molecule has 0 saturated carbocycles. The third kappa shape index (κ3) is 2.80.